The Labute approximate surface area is 174 Å². The fourth-order valence-corrected chi connectivity index (χ4v) is 5.09. The third-order valence-corrected chi connectivity index (χ3v) is 6.20. The molecule has 0 saturated heterocycles. The molecule has 5 rings (SSSR count). The van der Waals surface area contributed by atoms with Crippen molar-refractivity contribution in [2.45, 2.75) is 20.8 Å². The molecule has 4 heteroatoms. The summed E-state index contributed by atoms with van der Waals surface area (Å²) in [5.74, 6) is 0.953. The molecule has 0 amide bonds. The zero-order valence-corrected chi connectivity index (χ0v) is 17.5. The summed E-state index contributed by atoms with van der Waals surface area (Å²) in [6, 6.07) is 21.2. The normalized spacial score (nSPS) is 11.3. The van der Waals surface area contributed by atoms with E-state index >= 15 is 0 Å². The van der Waals surface area contributed by atoms with Crippen LogP contribution in [-0.2, 0) is 0 Å². The molecule has 0 unspecified atom stereocenters. The van der Waals surface area contributed by atoms with Gasteiger partial charge in [-0.3, -0.25) is 4.57 Å². The van der Waals surface area contributed by atoms with E-state index in [1.54, 1.807) is 11.5 Å². The van der Waals surface area contributed by atoms with Gasteiger partial charge in [-0.05, 0) is 49.5 Å². The molecule has 0 atom stereocenters. The number of fused-ring (bicyclic) bond motifs is 1. The fourth-order valence-electron chi connectivity index (χ4n) is 4.18. The van der Waals surface area contributed by atoms with Crippen LogP contribution < -0.4 is 0 Å². The second kappa shape index (κ2) is 6.98. The monoisotopic (exact) mass is 395 g/mol. The highest BCUT2D eigenvalue weighted by molar-refractivity contribution is 7.14. The van der Waals surface area contributed by atoms with E-state index in [1.807, 2.05) is 12.3 Å². The van der Waals surface area contributed by atoms with Crippen LogP contribution in [0.1, 0.15) is 16.7 Å². The van der Waals surface area contributed by atoms with Crippen LogP contribution in [0, 0.1) is 20.8 Å². The summed E-state index contributed by atoms with van der Waals surface area (Å²) in [5.41, 5.74) is 8.28. The Balaban J connectivity index is 1.72. The van der Waals surface area contributed by atoms with Crippen molar-refractivity contribution in [3.63, 3.8) is 0 Å². The molecule has 0 aliphatic heterocycles. The van der Waals surface area contributed by atoms with Crippen molar-refractivity contribution in [1.29, 1.82) is 0 Å². The Hall–Kier alpha value is -3.24. The highest BCUT2D eigenvalue weighted by atomic mass is 32.1. The number of benzene rings is 3. The summed E-state index contributed by atoms with van der Waals surface area (Å²) in [6.07, 6.45) is 3.93. The predicted octanol–water partition coefficient (Wildman–Crippen LogP) is 6.74. The minimum Gasteiger partial charge on any atom is -0.299 e. The highest BCUT2D eigenvalue weighted by Crippen LogP contribution is 2.38. The second-order valence-electron chi connectivity index (χ2n) is 7.45. The number of nitrogens with zero attached hydrogens (tertiary/aromatic N) is 3. The van der Waals surface area contributed by atoms with Gasteiger partial charge in [0.05, 0.1) is 16.1 Å². The lowest BCUT2D eigenvalue weighted by molar-refractivity contribution is 1.03. The van der Waals surface area contributed by atoms with Gasteiger partial charge in [-0.1, -0.05) is 60.2 Å². The molecule has 29 heavy (non-hydrogen) atoms. The Morgan fingerprint density at radius 1 is 0.862 bits per heavy atom. The summed E-state index contributed by atoms with van der Waals surface area (Å²) in [5, 5.41) is 1.17. The predicted molar refractivity (Wildman–Crippen MR) is 122 cm³/mol. The molecule has 0 aliphatic rings. The van der Waals surface area contributed by atoms with Gasteiger partial charge in [0.2, 0.25) is 0 Å². The SMILES string of the molecule is Cc1cc(C)c(-n2ccnc2-c2cccc3c(-c4ccccc4)nsc23)c(C)c1. The summed E-state index contributed by atoms with van der Waals surface area (Å²) < 4.78 is 8.17. The fraction of sp³-hybridized carbons (Fsp3) is 0.120. The maximum atomic E-state index is 4.79. The third kappa shape index (κ3) is 2.97. The van der Waals surface area contributed by atoms with E-state index in [1.165, 1.54) is 32.5 Å². The second-order valence-corrected chi connectivity index (χ2v) is 8.22. The Morgan fingerprint density at radius 2 is 1.62 bits per heavy atom. The number of rotatable bonds is 3. The molecule has 5 aromatic rings. The number of imidazole rings is 1. The summed E-state index contributed by atoms with van der Waals surface area (Å²) in [4.78, 5) is 4.74. The first kappa shape index (κ1) is 17.8. The van der Waals surface area contributed by atoms with Gasteiger partial charge in [-0.2, -0.15) is 4.37 Å². The Bertz CT molecular complexity index is 1310. The average Bonchev–Trinajstić information content (AvgIpc) is 3.35. The van der Waals surface area contributed by atoms with E-state index in [9.17, 15) is 0 Å². The van der Waals surface area contributed by atoms with Crippen molar-refractivity contribution in [3.8, 4) is 28.3 Å². The van der Waals surface area contributed by atoms with Crippen molar-refractivity contribution in [1.82, 2.24) is 13.9 Å². The van der Waals surface area contributed by atoms with E-state index in [4.69, 9.17) is 9.36 Å². The van der Waals surface area contributed by atoms with Crippen LogP contribution in [0.2, 0.25) is 0 Å². The van der Waals surface area contributed by atoms with Gasteiger partial charge in [-0.25, -0.2) is 4.98 Å². The van der Waals surface area contributed by atoms with E-state index in [2.05, 4.69) is 86.1 Å². The molecule has 0 N–H and O–H groups in total. The zero-order chi connectivity index (χ0) is 20.0. The smallest absolute Gasteiger partial charge is 0.145 e. The van der Waals surface area contributed by atoms with Crippen LogP contribution in [0.25, 0.3) is 38.4 Å². The first-order valence-electron chi connectivity index (χ1n) is 9.69. The summed E-state index contributed by atoms with van der Waals surface area (Å²) in [7, 11) is 0. The van der Waals surface area contributed by atoms with Gasteiger partial charge >= 0.3 is 0 Å². The van der Waals surface area contributed by atoms with Crippen molar-refractivity contribution in [3.05, 3.63) is 89.7 Å². The van der Waals surface area contributed by atoms with Crippen molar-refractivity contribution < 1.29 is 0 Å². The molecule has 3 aromatic carbocycles. The molecule has 2 heterocycles. The Morgan fingerprint density at radius 3 is 2.38 bits per heavy atom. The minimum absolute atomic E-state index is 0.953. The molecule has 0 bridgehead atoms. The van der Waals surface area contributed by atoms with Crippen LogP contribution >= 0.6 is 11.5 Å². The van der Waals surface area contributed by atoms with Gasteiger partial charge in [0, 0.05) is 28.9 Å². The van der Waals surface area contributed by atoms with Crippen molar-refractivity contribution >= 4 is 21.6 Å². The molecule has 0 radical (unpaired) electrons. The summed E-state index contributed by atoms with van der Waals surface area (Å²) >= 11 is 1.55. The van der Waals surface area contributed by atoms with Gasteiger partial charge in [0.15, 0.2) is 0 Å². The van der Waals surface area contributed by atoms with Crippen molar-refractivity contribution in [2.75, 3.05) is 0 Å². The molecular formula is C25H21N3S. The van der Waals surface area contributed by atoms with E-state index in [0.29, 0.717) is 0 Å². The number of aryl methyl sites for hydroxylation is 3. The first-order valence-corrected chi connectivity index (χ1v) is 10.5. The van der Waals surface area contributed by atoms with E-state index in [0.717, 1.165) is 22.6 Å². The molecule has 0 saturated carbocycles. The maximum Gasteiger partial charge on any atom is 0.145 e. The van der Waals surface area contributed by atoms with Crippen LogP contribution in [0.4, 0.5) is 0 Å². The van der Waals surface area contributed by atoms with E-state index in [-0.39, 0.29) is 0 Å². The van der Waals surface area contributed by atoms with Crippen LogP contribution in [0.3, 0.4) is 0 Å². The number of aromatic nitrogens is 3. The molecule has 0 spiro atoms. The standard InChI is InChI=1S/C25H21N3S/c1-16-14-17(2)23(18(3)15-16)28-13-12-26-25(28)21-11-7-10-20-22(27-29-24(20)21)19-8-5-4-6-9-19/h4-15H,1-3H3. The lowest BCUT2D eigenvalue weighted by atomic mass is 10.0. The highest BCUT2D eigenvalue weighted by Gasteiger charge is 2.17. The largest absolute Gasteiger partial charge is 0.299 e. The van der Waals surface area contributed by atoms with Gasteiger partial charge < -0.3 is 0 Å². The number of hydrogen-bond donors (Lipinski definition) is 0. The van der Waals surface area contributed by atoms with Gasteiger partial charge in [0.25, 0.3) is 0 Å². The minimum atomic E-state index is 0.953. The lowest BCUT2D eigenvalue weighted by Crippen LogP contribution is -2.02. The molecule has 0 fully saturated rings. The van der Waals surface area contributed by atoms with Crippen molar-refractivity contribution in [2.24, 2.45) is 0 Å². The molecule has 2 aromatic heterocycles. The van der Waals surface area contributed by atoms with Gasteiger partial charge in [0.1, 0.15) is 5.82 Å². The topological polar surface area (TPSA) is 30.7 Å². The summed E-state index contributed by atoms with van der Waals surface area (Å²) in [6.45, 7) is 6.47. The maximum absolute atomic E-state index is 4.79. The van der Waals surface area contributed by atoms with Crippen LogP contribution in [0.15, 0.2) is 73.1 Å². The first-order chi connectivity index (χ1) is 14.1. The number of hydrogen-bond acceptors (Lipinski definition) is 3. The van der Waals surface area contributed by atoms with Crippen LogP contribution in [-0.4, -0.2) is 13.9 Å². The molecule has 3 nitrogen and oxygen atoms in total. The lowest BCUT2D eigenvalue weighted by Gasteiger charge is -2.15. The molecular weight excluding hydrogens is 374 g/mol. The third-order valence-electron chi connectivity index (χ3n) is 5.30. The zero-order valence-electron chi connectivity index (χ0n) is 16.7. The van der Waals surface area contributed by atoms with Gasteiger partial charge in [-0.15, -0.1) is 0 Å². The Kier molecular flexibility index (Phi) is 4.29. The molecule has 142 valence electrons. The molecule has 0 aliphatic carbocycles. The quantitative estimate of drug-likeness (QED) is 0.339. The average molecular weight is 396 g/mol. The van der Waals surface area contributed by atoms with E-state index < -0.39 is 0 Å². The van der Waals surface area contributed by atoms with Crippen LogP contribution in [0.5, 0.6) is 0 Å².